The first-order chi connectivity index (χ1) is 14.1. The van der Waals surface area contributed by atoms with Gasteiger partial charge in [0.05, 0.1) is 19.8 Å². The van der Waals surface area contributed by atoms with Crippen molar-refractivity contribution in [1.82, 2.24) is 0 Å². The minimum Gasteiger partial charge on any atom is -0.314 e. The van der Waals surface area contributed by atoms with E-state index >= 15 is 0 Å². The molecule has 5 nitrogen and oxygen atoms in total. The van der Waals surface area contributed by atoms with Crippen LogP contribution in [0.4, 0.5) is 0 Å². The Morgan fingerprint density at radius 1 is 0.828 bits per heavy atom. The molecule has 0 radical (unpaired) electrons. The number of ether oxygens (including phenoxy) is 1. The number of rotatable bonds is 19. The molecule has 8 heteroatoms. The highest BCUT2D eigenvalue weighted by atomic mass is 32.2. The van der Waals surface area contributed by atoms with Crippen LogP contribution in [0.1, 0.15) is 91.9 Å². The van der Waals surface area contributed by atoms with E-state index in [4.69, 9.17) is 13.8 Å². The Labute approximate surface area is 184 Å². The molecule has 0 N–H and O–H groups in total. The maximum Gasteiger partial charge on any atom is 0.426 e. The molecule has 0 saturated carbocycles. The first kappa shape index (κ1) is 29.1. The summed E-state index contributed by atoms with van der Waals surface area (Å²) < 4.78 is 41.3. The zero-order chi connectivity index (χ0) is 21.8. The van der Waals surface area contributed by atoms with Crippen LogP contribution in [0.5, 0.6) is 0 Å². The van der Waals surface area contributed by atoms with Crippen LogP contribution in [0.15, 0.2) is 0 Å². The Morgan fingerprint density at radius 2 is 1.34 bits per heavy atom. The van der Waals surface area contributed by atoms with Crippen LogP contribution in [0.3, 0.4) is 0 Å². The van der Waals surface area contributed by atoms with Crippen LogP contribution >= 0.6 is 27.8 Å². The van der Waals surface area contributed by atoms with Crippen molar-refractivity contribution in [3.8, 4) is 11.2 Å². The molecule has 0 rings (SSSR count). The average molecular weight is 468 g/mol. The highest BCUT2D eigenvalue weighted by Gasteiger charge is 2.60. The lowest BCUT2D eigenvalue weighted by Gasteiger charge is -2.24. The van der Waals surface area contributed by atoms with Gasteiger partial charge in [-0.05, 0) is 32.4 Å². The Morgan fingerprint density at radius 3 is 1.79 bits per heavy atom. The summed E-state index contributed by atoms with van der Waals surface area (Å²) in [6.07, 6.45) is 12.9. The van der Waals surface area contributed by atoms with Crippen molar-refractivity contribution in [2.45, 2.75) is 97.0 Å². The molecule has 29 heavy (non-hydrogen) atoms. The maximum absolute atomic E-state index is 13.1. The Balaban J connectivity index is 4.38. The van der Waals surface area contributed by atoms with Gasteiger partial charge in [0.1, 0.15) is 0 Å². The van der Waals surface area contributed by atoms with Crippen LogP contribution in [-0.2, 0) is 22.9 Å². The SMILES string of the molecule is CCCCCCCCCCCCSC#CC(OCC)([PH+]=O)P(=O)(OCC)OCC. The molecule has 0 aliphatic carbocycles. The normalized spacial score (nSPS) is 13.8. The predicted octanol–water partition coefficient (Wildman–Crippen LogP) is 7.58. The number of unbranched alkanes of at least 4 members (excludes halogenated alkanes) is 9. The summed E-state index contributed by atoms with van der Waals surface area (Å²) in [5, 5.41) is 1.22. The van der Waals surface area contributed by atoms with Crippen molar-refractivity contribution in [2.75, 3.05) is 25.6 Å². The van der Waals surface area contributed by atoms with Crippen molar-refractivity contribution >= 4 is 27.8 Å². The Bertz CT molecular complexity index is 511. The Hall–Kier alpha value is 0.120. The van der Waals surface area contributed by atoms with E-state index in [2.05, 4.69) is 18.1 Å². The maximum atomic E-state index is 13.1. The lowest BCUT2D eigenvalue weighted by Crippen LogP contribution is -2.27. The summed E-state index contributed by atoms with van der Waals surface area (Å²) in [4.78, 5) is 0. The lowest BCUT2D eigenvalue weighted by atomic mass is 10.1. The molecule has 0 aromatic carbocycles. The minimum atomic E-state index is -3.77. The van der Waals surface area contributed by atoms with Crippen LogP contribution in [0.25, 0.3) is 0 Å². The van der Waals surface area contributed by atoms with E-state index in [0.717, 1.165) is 12.2 Å². The summed E-state index contributed by atoms with van der Waals surface area (Å²) in [5.74, 6) is 3.70. The fourth-order valence-corrected chi connectivity index (χ4v) is 6.46. The van der Waals surface area contributed by atoms with Gasteiger partial charge in [0.15, 0.2) is 0 Å². The third kappa shape index (κ3) is 11.9. The van der Waals surface area contributed by atoms with E-state index in [1.165, 1.54) is 69.5 Å². The minimum absolute atomic E-state index is 0.171. The van der Waals surface area contributed by atoms with Crippen LogP contribution < -0.4 is 0 Å². The molecule has 2 atom stereocenters. The summed E-state index contributed by atoms with van der Waals surface area (Å²) in [7, 11) is -4.83. The predicted molar refractivity (Wildman–Crippen MR) is 126 cm³/mol. The van der Waals surface area contributed by atoms with Crippen molar-refractivity contribution in [2.24, 2.45) is 0 Å². The fourth-order valence-electron chi connectivity index (χ4n) is 2.88. The van der Waals surface area contributed by atoms with E-state index in [9.17, 15) is 9.13 Å². The molecular weight excluding hydrogens is 426 g/mol. The standard InChI is InChI=1S/C21H40O5P2S/c1-5-9-10-11-12-13-14-15-16-17-19-29-20-18-21(27-22,24-6-2)28(23,25-7-3)26-8-4/h5-17,19H2,1-4H3/p+1. The average Bonchev–Trinajstić information content (AvgIpc) is 2.71. The smallest absolute Gasteiger partial charge is 0.314 e. The van der Waals surface area contributed by atoms with Gasteiger partial charge < -0.3 is 13.8 Å². The second-order valence-corrected chi connectivity index (χ2v) is 11.1. The largest absolute Gasteiger partial charge is 0.426 e. The number of hydrogen-bond donors (Lipinski definition) is 0. The molecule has 0 aliphatic heterocycles. The molecule has 0 spiro atoms. The van der Waals surface area contributed by atoms with Crippen molar-refractivity contribution in [3.05, 3.63) is 0 Å². The molecule has 170 valence electrons. The van der Waals surface area contributed by atoms with E-state index in [0.29, 0.717) is 0 Å². The van der Waals surface area contributed by atoms with Crippen molar-refractivity contribution < 1.29 is 22.9 Å². The second-order valence-electron chi connectivity index (χ2n) is 6.77. The van der Waals surface area contributed by atoms with Crippen LogP contribution in [-0.4, -0.2) is 30.7 Å². The summed E-state index contributed by atoms with van der Waals surface area (Å²) in [6, 6.07) is 0. The number of hydrogen-bond acceptors (Lipinski definition) is 6. The first-order valence-electron chi connectivity index (χ1n) is 11.1. The quantitative estimate of drug-likeness (QED) is 0.111. The molecule has 0 aromatic heterocycles. The molecule has 0 fully saturated rings. The van der Waals surface area contributed by atoms with Gasteiger partial charge in [0, 0.05) is 11.7 Å². The van der Waals surface area contributed by atoms with Gasteiger partial charge in [0.2, 0.25) is 0 Å². The van der Waals surface area contributed by atoms with Gasteiger partial charge in [-0.1, -0.05) is 81.0 Å². The second kappa shape index (κ2) is 18.9. The highest BCUT2D eigenvalue weighted by molar-refractivity contribution is 8.03. The van der Waals surface area contributed by atoms with Crippen LogP contribution in [0.2, 0.25) is 0 Å². The van der Waals surface area contributed by atoms with Gasteiger partial charge in [-0.15, -0.1) is 0 Å². The summed E-state index contributed by atoms with van der Waals surface area (Å²) >= 11 is 1.44. The van der Waals surface area contributed by atoms with E-state index in [1.54, 1.807) is 20.8 Å². The molecule has 0 amide bonds. The zero-order valence-electron chi connectivity index (χ0n) is 18.8. The van der Waals surface area contributed by atoms with E-state index in [1.807, 2.05) is 0 Å². The highest BCUT2D eigenvalue weighted by Crippen LogP contribution is 2.65. The molecule has 0 saturated heterocycles. The third-order valence-corrected chi connectivity index (χ3v) is 8.96. The van der Waals surface area contributed by atoms with Crippen molar-refractivity contribution in [1.29, 1.82) is 0 Å². The molecule has 0 bridgehead atoms. The molecule has 0 heterocycles. The first-order valence-corrected chi connectivity index (χ1v) is 14.6. The lowest BCUT2D eigenvalue weighted by molar-refractivity contribution is 0.0854. The van der Waals surface area contributed by atoms with Gasteiger partial charge >= 0.3 is 21.1 Å². The van der Waals surface area contributed by atoms with Crippen molar-refractivity contribution in [3.63, 3.8) is 0 Å². The summed E-state index contributed by atoms with van der Waals surface area (Å²) in [6.45, 7) is 7.98. The van der Waals surface area contributed by atoms with Gasteiger partial charge in [-0.2, -0.15) is 0 Å². The molecule has 0 aromatic rings. The topological polar surface area (TPSA) is 61.8 Å². The van der Waals surface area contributed by atoms with E-state index < -0.39 is 21.1 Å². The fraction of sp³-hybridized carbons (Fsp3) is 0.905. The number of thioether (sulfide) groups is 1. The third-order valence-electron chi connectivity index (χ3n) is 4.37. The van der Waals surface area contributed by atoms with E-state index in [-0.39, 0.29) is 19.8 Å². The molecular formula is C21H41O5P2S+. The zero-order valence-corrected chi connectivity index (χ0v) is 21.5. The van der Waals surface area contributed by atoms with Crippen LogP contribution in [0, 0.1) is 11.2 Å². The molecule has 0 aliphatic rings. The summed E-state index contributed by atoms with van der Waals surface area (Å²) in [5.41, 5.74) is 0. The van der Waals surface area contributed by atoms with Gasteiger partial charge in [-0.25, -0.2) is 0 Å². The Kier molecular flexibility index (Phi) is 18.9. The van der Waals surface area contributed by atoms with Gasteiger partial charge in [0.25, 0.3) is 0 Å². The molecule has 2 unspecified atom stereocenters. The van der Waals surface area contributed by atoms with Gasteiger partial charge in [-0.3, -0.25) is 4.57 Å². The monoisotopic (exact) mass is 467 g/mol.